The monoisotopic (exact) mass is 1030 g/mol. The third-order valence-electron chi connectivity index (χ3n) is 13.4. The Balaban J connectivity index is 2.66. The smallest absolute Gasteiger partial charge is 0.335 e. The highest BCUT2D eigenvalue weighted by atomic mass is 16.7. The summed E-state index contributed by atoms with van der Waals surface area (Å²) in [6.45, 7) is 5.90. The molecule has 0 spiro atoms. The highest BCUT2D eigenvalue weighted by Crippen LogP contribution is 2.26. The van der Waals surface area contributed by atoms with E-state index in [0.717, 1.165) is 103 Å². The second-order valence-electron chi connectivity index (χ2n) is 20.3. The summed E-state index contributed by atoms with van der Waals surface area (Å²) in [6, 6.07) is 0. The number of carboxylic acid groups (broad SMARTS) is 1. The topological polar surface area (TPSA) is 175 Å². The predicted molar refractivity (Wildman–Crippen MR) is 294 cm³/mol. The van der Waals surface area contributed by atoms with Gasteiger partial charge in [-0.25, -0.2) is 4.79 Å². The van der Waals surface area contributed by atoms with E-state index in [0.29, 0.717) is 19.3 Å². The fourth-order valence-electron chi connectivity index (χ4n) is 8.78. The van der Waals surface area contributed by atoms with E-state index in [1.54, 1.807) is 0 Å². The van der Waals surface area contributed by atoms with Crippen molar-refractivity contribution in [1.29, 1.82) is 0 Å². The Morgan fingerprint density at radius 3 is 1.26 bits per heavy atom. The van der Waals surface area contributed by atoms with Crippen LogP contribution in [0.2, 0.25) is 0 Å². The van der Waals surface area contributed by atoms with Gasteiger partial charge in [-0.1, -0.05) is 211 Å². The van der Waals surface area contributed by atoms with Crippen molar-refractivity contribution in [3.05, 3.63) is 48.6 Å². The molecule has 12 nitrogen and oxygen atoms in total. The highest BCUT2D eigenvalue weighted by Gasteiger charge is 2.50. The number of unbranched alkanes of at least 4 members (excludes halogenated alkanes) is 28. The number of allylic oxidation sites excluding steroid dienone is 8. The van der Waals surface area contributed by atoms with E-state index in [1.165, 1.54) is 103 Å². The van der Waals surface area contributed by atoms with Gasteiger partial charge in [0.2, 0.25) is 0 Å². The lowest BCUT2D eigenvalue weighted by Gasteiger charge is -2.40. The normalized spacial score (nSPS) is 18.6. The average molecular weight is 1030 g/mol. The van der Waals surface area contributed by atoms with Gasteiger partial charge in [-0.3, -0.25) is 14.4 Å². The summed E-state index contributed by atoms with van der Waals surface area (Å²) in [4.78, 5) is 51.0. The lowest BCUT2D eigenvalue weighted by molar-refractivity contribution is -0.301. The Morgan fingerprint density at radius 1 is 0.452 bits per heavy atom. The summed E-state index contributed by atoms with van der Waals surface area (Å²) in [5.41, 5.74) is 0. The molecular weight excluding hydrogens is 925 g/mol. The summed E-state index contributed by atoms with van der Waals surface area (Å²) in [5, 5.41) is 31.4. The fourth-order valence-corrected chi connectivity index (χ4v) is 8.78. The molecule has 0 bridgehead atoms. The lowest BCUT2D eigenvalue weighted by atomic mass is 9.98. The first kappa shape index (κ1) is 67.7. The zero-order valence-corrected chi connectivity index (χ0v) is 46.4. The Bertz CT molecular complexity index is 1460. The molecular formula is C61H106O12. The maximum atomic E-state index is 13.1. The number of aliphatic carboxylic acids is 1. The van der Waals surface area contributed by atoms with Crippen molar-refractivity contribution in [2.45, 2.75) is 302 Å². The summed E-state index contributed by atoms with van der Waals surface area (Å²) in [5.74, 6) is -3.13. The minimum Gasteiger partial charge on any atom is -0.479 e. The Labute approximate surface area is 443 Å². The first-order valence-electron chi connectivity index (χ1n) is 29.6. The molecule has 0 radical (unpaired) electrons. The van der Waals surface area contributed by atoms with Crippen LogP contribution in [-0.4, -0.2) is 89.2 Å². The van der Waals surface area contributed by atoms with Crippen LogP contribution in [0.5, 0.6) is 0 Å². The standard InChI is InChI=1S/C61H106O12/c1-4-7-10-13-16-19-21-23-25-26-27-28-30-31-33-36-38-41-44-47-53(62)69-50-52(71-54(63)48-45-42-40-37-34-32-29-24-22-20-17-14-11-8-5-2)51-70-61-59(57(66)56(65)58(73-61)60(67)68)72-55(64)49-46-43-39-35-18-15-12-9-6-3/h16-17,19-20,23-25,29,52,56-59,61,65-66H,4-15,18,21-22,26-28,30-51H2,1-3H3,(H,67,68)/b19-16-,20-17-,25-23-,29-24-. The lowest BCUT2D eigenvalue weighted by Crippen LogP contribution is -2.61. The molecule has 6 atom stereocenters. The van der Waals surface area contributed by atoms with E-state index in [1.807, 2.05) is 0 Å². The van der Waals surface area contributed by atoms with E-state index >= 15 is 0 Å². The van der Waals surface area contributed by atoms with Crippen LogP contribution in [0.15, 0.2) is 48.6 Å². The first-order chi connectivity index (χ1) is 35.6. The summed E-state index contributed by atoms with van der Waals surface area (Å²) in [7, 11) is 0. The molecule has 0 aromatic carbocycles. The second-order valence-corrected chi connectivity index (χ2v) is 20.3. The van der Waals surface area contributed by atoms with Gasteiger partial charge >= 0.3 is 23.9 Å². The van der Waals surface area contributed by atoms with Crippen LogP contribution in [-0.2, 0) is 42.9 Å². The van der Waals surface area contributed by atoms with Crippen molar-refractivity contribution in [3.63, 3.8) is 0 Å². The number of aliphatic hydroxyl groups excluding tert-OH is 2. The van der Waals surface area contributed by atoms with Crippen molar-refractivity contribution < 1.29 is 58.2 Å². The van der Waals surface area contributed by atoms with Crippen molar-refractivity contribution in [1.82, 2.24) is 0 Å². The van der Waals surface area contributed by atoms with Crippen LogP contribution in [0.25, 0.3) is 0 Å². The van der Waals surface area contributed by atoms with Crippen molar-refractivity contribution in [3.8, 4) is 0 Å². The van der Waals surface area contributed by atoms with E-state index in [9.17, 15) is 34.5 Å². The van der Waals surface area contributed by atoms with Crippen LogP contribution < -0.4 is 0 Å². The van der Waals surface area contributed by atoms with Gasteiger partial charge in [0.05, 0.1) is 6.61 Å². The fraction of sp³-hybridized carbons (Fsp3) is 0.803. The van der Waals surface area contributed by atoms with Gasteiger partial charge in [0.25, 0.3) is 0 Å². The zero-order chi connectivity index (χ0) is 53.3. The van der Waals surface area contributed by atoms with Gasteiger partial charge in [-0.05, 0) is 83.5 Å². The molecule has 1 aliphatic heterocycles. The molecule has 0 amide bonds. The maximum absolute atomic E-state index is 13.1. The SMILES string of the molecule is CCCCC/C=C\C/C=C\CCCCCCCCCCCC(=O)OCC(COC1OC(C(=O)O)C(O)C(O)C1OC(=O)CCCCCCCCCCC)OC(=O)CCCCCCC/C=C\C/C=C\CCCCC. The van der Waals surface area contributed by atoms with Crippen LogP contribution in [0.1, 0.15) is 265 Å². The number of ether oxygens (including phenoxy) is 5. The molecule has 1 aliphatic rings. The van der Waals surface area contributed by atoms with Crippen LogP contribution in [0, 0.1) is 0 Å². The third-order valence-corrected chi connectivity index (χ3v) is 13.4. The summed E-state index contributed by atoms with van der Waals surface area (Å²) < 4.78 is 28.4. The number of esters is 3. The quantitative estimate of drug-likeness (QED) is 0.0228. The maximum Gasteiger partial charge on any atom is 0.335 e. The Morgan fingerprint density at radius 2 is 0.822 bits per heavy atom. The van der Waals surface area contributed by atoms with Crippen LogP contribution >= 0.6 is 0 Å². The molecule has 3 N–H and O–H groups in total. The largest absolute Gasteiger partial charge is 0.479 e. The van der Waals surface area contributed by atoms with Crippen molar-refractivity contribution >= 4 is 23.9 Å². The van der Waals surface area contributed by atoms with E-state index in [-0.39, 0.29) is 25.9 Å². The number of aliphatic hydroxyl groups is 2. The third kappa shape index (κ3) is 39.7. The van der Waals surface area contributed by atoms with Crippen LogP contribution in [0.4, 0.5) is 0 Å². The number of carbonyl (C=O) groups is 4. The Kier molecular flexibility index (Phi) is 45.9. The molecule has 0 aliphatic carbocycles. The van der Waals surface area contributed by atoms with E-state index in [2.05, 4.69) is 69.4 Å². The molecule has 73 heavy (non-hydrogen) atoms. The number of carboxylic acids is 1. The molecule has 0 aromatic heterocycles. The van der Waals surface area contributed by atoms with E-state index in [4.69, 9.17) is 23.7 Å². The molecule has 0 aromatic rings. The highest BCUT2D eigenvalue weighted by molar-refractivity contribution is 5.74. The summed E-state index contributed by atoms with van der Waals surface area (Å²) >= 11 is 0. The molecule has 1 heterocycles. The number of hydrogen-bond donors (Lipinski definition) is 3. The van der Waals surface area contributed by atoms with Crippen LogP contribution in [0.3, 0.4) is 0 Å². The molecule has 0 saturated carbocycles. The Hall–Kier alpha value is -3.32. The second kappa shape index (κ2) is 49.6. The number of rotatable bonds is 50. The zero-order valence-electron chi connectivity index (χ0n) is 46.4. The molecule has 1 fully saturated rings. The predicted octanol–water partition coefficient (Wildman–Crippen LogP) is 15.0. The van der Waals surface area contributed by atoms with Gasteiger partial charge in [0.1, 0.15) is 18.8 Å². The molecule has 1 rings (SSSR count). The van der Waals surface area contributed by atoms with Gasteiger partial charge in [-0.2, -0.15) is 0 Å². The van der Waals surface area contributed by atoms with Gasteiger partial charge in [-0.15, -0.1) is 0 Å². The molecule has 12 heteroatoms. The molecule has 6 unspecified atom stereocenters. The first-order valence-corrected chi connectivity index (χ1v) is 29.6. The van der Waals surface area contributed by atoms with E-state index < -0.39 is 67.3 Å². The number of carbonyl (C=O) groups excluding carboxylic acids is 3. The minimum absolute atomic E-state index is 0.0604. The minimum atomic E-state index is -1.90. The molecule has 1 saturated heterocycles. The molecule has 422 valence electrons. The number of hydrogen-bond acceptors (Lipinski definition) is 11. The van der Waals surface area contributed by atoms with Crippen molar-refractivity contribution in [2.75, 3.05) is 13.2 Å². The summed E-state index contributed by atoms with van der Waals surface area (Å²) in [6.07, 6.45) is 46.7. The van der Waals surface area contributed by atoms with Gasteiger partial charge < -0.3 is 39.0 Å². The average Bonchev–Trinajstić information content (AvgIpc) is 3.37. The van der Waals surface area contributed by atoms with Crippen molar-refractivity contribution in [2.24, 2.45) is 0 Å². The van der Waals surface area contributed by atoms with Gasteiger partial charge in [0, 0.05) is 19.3 Å². The van der Waals surface area contributed by atoms with Gasteiger partial charge in [0.15, 0.2) is 24.6 Å².